The molecule has 0 radical (unpaired) electrons. The molecule has 1 aromatic heterocycles. The number of aromatic nitrogens is 4. The van der Waals surface area contributed by atoms with Crippen molar-refractivity contribution in [3.8, 4) is 11.5 Å². The minimum absolute atomic E-state index is 0.0282. The quantitative estimate of drug-likeness (QED) is 0.113. The number of benzene rings is 1. The van der Waals surface area contributed by atoms with Crippen molar-refractivity contribution in [2.75, 3.05) is 25.2 Å². The number of aromatic hydroxyl groups is 1. The topological polar surface area (TPSA) is 192 Å². The minimum Gasteiger partial charge on any atom is -0.504 e. The summed E-state index contributed by atoms with van der Waals surface area (Å²) in [5, 5.41) is 45.8. The molecule has 2 aliphatic rings. The largest absolute Gasteiger partial charge is 0.504 e. The van der Waals surface area contributed by atoms with Gasteiger partial charge in [0.25, 0.3) is 5.91 Å². The van der Waals surface area contributed by atoms with Crippen molar-refractivity contribution in [1.82, 2.24) is 30.4 Å². The molecule has 0 spiro atoms. The highest BCUT2D eigenvalue weighted by molar-refractivity contribution is 8.00. The molecule has 4 N–H and O–H groups in total. The van der Waals surface area contributed by atoms with Crippen LogP contribution in [0.3, 0.4) is 0 Å². The van der Waals surface area contributed by atoms with Crippen molar-refractivity contribution in [2.45, 2.75) is 16.6 Å². The predicted molar refractivity (Wildman–Crippen MR) is 122 cm³/mol. The van der Waals surface area contributed by atoms with Gasteiger partial charge in [0.1, 0.15) is 16.8 Å². The maximum absolute atomic E-state index is 12.8. The third kappa shape index (κ3) is 4.45. The van der Waals surface area contributed by atoms with Crippen LogP contribution >= 0.6 is 23.5 Å². The van der Waals surface area contributed by atoms with Gasteiger partial charge in [-0.3, -0.25) is 14.4 Å². The van der Waals surface area contributed by atoms with E-state index in [1.807, 2.05) is 0 Å². The molecule has 2 aromatic rings. The molecule has 16 heteroatoms. The smallest absolute Gasteiger partial charge is 0.313 e. The first-order valence-electron chi connectivity index (χ1n) is 10.1. The van der Waals surface area contributed by atoms with Crippen molar-refractivity contribution in [3.63, 3.8) is 0 Å². The number of hydrogen-bond donors (Lipinski definition) is 4. The number of tetrazole rings is 1. The average molecular weight is 524 g/mol. The van der Waals surface area contributed by atoms with Gasteiger partial charge in [-0.2, -0.15) is 0 Å². The van der Waals surface area contributed by atoms with Crippen LogP contribution in [-0.4, -0.2) is 101 Å². The molecule has 0 saturated carbocycles. The minimum atomic E-state index is -1.22. The Balaban J connectivity index is 1.43. The number of methoxy groups -OCH3 is 1. The zero-order valence-corrected chi connectivity index (χ0v) is 20.1. The summed E-state index contributed by atoms with van der Waals surface area (Å²) < 4.78 is 6.44. The summed E-state index contributed by atoms with van der Waals surface area (Å²) in [7, 11) is 2.97. The number of carbonyl (C=O) groups is 3. The van der Waals surface area contributed by atoms with Crippen LogP contribution in [0.25, 0.3) is 0 Å². The number of aliphatic carboxylic acids is 1. The van der Waals surface area contributed by atoms with Gasteiger partial charge in [-0.1, -0.05) is 16.9 Å². The van der Waals surface area contributed by atoms with Crippen LogP contribution in [-0.2, 0) is 21.4 Å². The summed E-state index contributed by atoms with van der Waals surface area (Å²) in [6, 6.07) is 3.05. The molecule has 2 unspecified atom stereocenters. The number of thioether (sulfide) groups is 2. The number of aryl methyl sites for hydroxylation is 1. The van der Waals surface area contributed by atoms with E-state index in [1.54, 1.807) is 7.05 Å². The molecule has 35 heavy (non-hydrogen) atoms. The summed E-state index contributed by atoms with van der Waals surface area (Å²) in [5.74, 6) is -2.01. The molecule has 3 atom stereocenters. The number of amides is 2. The lowest BCUT2D eigenvalue weighted by Gasteiger charge is -2.53. The van der Waals surface area contributed by atoms with Crippen molar-refractivity contribution in [2.24, 2.45) is 17.6 Å². The zero-order chi connectivity index (χ0) is 25.3. The van der Waals surface area contributed by atoms with Gasteiger partial charge in [0.15, 0.2) is 17.2 Å². The highest BCUT2D eigenvalue weighted by Crippen LogP contribution is 2.44. The number of ether oxygens (including phenoxy) is 1. The van der Waals surface area contributed by atoms with Crippen molar-refractivity contribution >= 4 is 47.0 Å². The van der Waals surface area contributed by atoms with Gasteiger partial charge >= 0.3 is 5.97 Å². The normalized spacial score (nSPS) is 23.9. The fraction of sp³-hybridized carbons (Fsp3) is 0.421. The number of carbonyl (C=O) groups excluding carboxylic acids is 2. The van der Waals surface area contributed by atoms with Gasteiger partial charge in [0, 0.05) is 30.7 Å². The molecule has 2 fully saturated rings. The average Bonchev–Trinajstić information content (AvgIpc) is 3.26. The fourth-order valence-corrected chi connectivity index (χ4v) is 6.43. The highest BCUT2D eigenvalue weighted by atomic mass is 32.2. The number of nitrogens with zero attached hydrogens (tertiary/aromatic N) is 6. The lowest BCUT2D eigenvalue weighted by atomic mass is 9.89. The molecule has 2 saturated heterocycles. The van der Waals surface area contributed by atoms with Crippen LogP contribution in [0, 0.1) is 5.41 Å². The van der Waals surface area contributed by atoms with E-state index < -0.39 is 34.6 Å². The van der Waals surface area contributed by atoms with Crippen LogP contribution < -0.4 is 10.1 Å². The molecule has 2 aliphatic heterocycles. The van der Waals surface area contributed by atoms with Crippen LogP contribution in [0.5, 0.6) is 11.5 Å². The third-order valence-corrected chi connectivity index (χ3v) is 8.60. The Kier molecular flexibility index (Phi) is 6.75. The summed E-state index contributed by atoms with van der Waals surface area (Å²) in [5.41, 5.74) is -1.42. The van der Waals surface area contributed by atoms with E-state index >= 15 is 0 Å². The molecule has 2 amide bonds. The van der Waals surface area contributed by atoms with Gasteiger partial charge < -0.3 is 30.4 Å². The van der Waals surface area contributed by atoms with E-state index in [-0.39, 0.29) is 40.8 Å². The molecule has 0 aliphatic carbocycles. The molecule has 14 nitrogen and oxygen atoms in total. The standard InChI is InChI=1S/C19H21N7O7S2/c1-25-18(21-23-24-25)35-8-19(17(30)31)6-26-15(29)13(16(26)34-7-19)20-14(28)12(22-32)9-3-4-10(27)11(5-9)33-2/h3-5,13,16,27,32H,6-8H2,1-2H3,(H,20,28)(H,30,31)/t13?,16-,19?/m1/s1. The number of phenols is 1. The highest BCUT2D eigenvalue weighted by Gasteiger charge is 2.57. The first kappa shape index (κ1) is 24.6. The van der Waals surface area contributed by atoms with E-state index in [0.29, 0.717) is 5.16 Å². The number of oxime groups is 1. The fourth-order valence-electron chi connectivity index (χ4n) is 3.72. The second-order valence-electron chi connectivity index (χ2n) is 7.91. The zero-order valence-electron chi connectivity index (χ0n) is 18.5. The van der Waals surface area contributed by atoms with Crippen LogP contribution in [0.4, 0.5) is 0 Å². The van der Waals surface area contributed by atoms with E-state index in [9.17, 15) is 29.8 Å². The van der Waals surface area contributed by atoms with Crippen molar-refractivity contribution in [3.05, 3.63) is 23.8 Å². The summed E-state index contributed by atoms with van der Waals surface area (Å²) >= 11 is 2.44. The van der Waals surface area contributed by atoms with E-state index in [4.69, 9.17) is 4.74 Å². The van der Waals surface area contributed by atoms with Crippen LogP contribution in [0.2, 0.25) is 0 Å². The Hall–Kier alpha value is -3.53. The Bertz CT molecular complexity index is 1210. The summed E-state index contributed by atoms with van der Waals surface area (Å²) in [6.07, 6.45) is 0. The Morgan fingerprint density at radius 1 is 1.43 bits per heavy atom. The number of β-lactam (4-membered cyclic amide) rings is 1. The van der Waals surface area contributed by atoms with Gasteiger partial charge in [-0.25, -0.2) is 4.68 Å². The molecule has 3 heterocycles. The number of fused-ring (bicyclic) bond motifs is 1. The molecule has 1 aromatic carbocycles. The second-order valence-corrected chi connectivity index (χ2v) is 9.96. The third-order valence-electron chi connectivity index (χ3n) is 5.71. The van der Waals surface area contributed by atoms with E-state index in [0.717, 1.165) is 0 Å². The van der Waals surface area contributed by atoms with E-state index in [1.165, 1.54) is 58.4 Å². The lowest BCUT2D eigenvalue weighted by Crippen LogP contribution is -2.74. The molecular weight excluding hydrogens is 502 g/mol. The number of carboxylic acid groups (broad SMARTS) is 1. The summed E-state index contributed by atoms with van der Waals surface area (Å²) in [4.78, 5) is 39.2. The Morgan fingerprint density at radius 3 is 2.83 bits per heavy atom. The maximum atomic E-state index is 12.8. The van der Waals surface area contributed by atoms with Crippen molar-refractivity contribution < 1.29 is 34.5 Å². The second kappa shape index (κ2) is 9.61. The number of phenolic OH excluding ortho intramolecular Hbond substituents is 1. The number of nitrogens with one attached hydrogen (secondary N) is 1. The SMILES string of the molecule is COc1cc(C(=NO)C(=O)NC2C(=O)N3CC(CSc4nnnn4C)(C(=O)O)CS[C@H]23)ccc1O. The van der Waals surface area contributed by atoms with Gasteiger partial charge in [0.2, 0.25) is 11.1 Å². The van der Waals surface area contributed by atoms with Gasteiger partial charge in [-0.05, 0) is 28.6 Å². The molecule has 186 valence electrons. The summed E-state index contributed by atoms with van der Waals surface area (Å²) in [6.45, 7) is -0.0282. The lowest BCUT2D eigenvalue weighted by molar-refractivity contribution is -0.157. The first-order valence-corrected chi connectivity index (χ1v) is 12.1. The monoisotopic (exact) mass is 523 g/mol. The van der Waals surface area contributed by atoms with E-state index in [2.05, 4.69) is 26.0 Å². The van der Waals surface area contributed by atoms with Gasteiger partial charge in [0.05, 0.1) is 7.11 Å². The van der Waals surface area contributed by atoms with Crippen molar-refractivity contribution in [1.29, 1.82) is 0 Å². The number of carboxylic acids is 1. The maximum Gasteiger partial charge on any atom is 0.313 e. The van der Waals surface area contributed by atoms with Crippen LogP contribution in [0.1, 0.15) is 5.56 Å². The first-order chi connectivity index (χ1) is 16.7. The number of rotatable bonds is 8. The Labute approximate surface area is 206 Å². The predicted octanol–water partition coefficient (Wildman–Crippen LogP) is -0.634. The molecular formula is C19H21N7O7S2. The number of hydrogen-bond acceptors (Lipinski definition) is 12. The molecule has 0 bridgehead atoms. The Morgan fingerprint density at radius 2 is 2.20 bits per heavy atom. The molecule has 4 rings (SSSR count). The van der Waals surface area contributed by atoms with Gasteiger partial charge in [-0.15, -0.1) is 16.9 Å². The van der Waals surface area contributed by atoms with Crippen LogP contribution in [0.15, 0.2) is 28.5 Å².